The third-order valence-electron chi connectivity index (χ3n) is 1.96. The lowest BCUT2D eigenvalue weighted by Crippen LogP contribution is -2.00. The maximum absolute atomic E-state index is 9.58. The average Bonchev–Trinajstić information content (AvgIpc) is 2.79. The summed E-state index contributed by atoms with van der Waals surface area (Å²) in [6.07, 6.45) is 0. The van der Waals surface area contributed by atoms with Crippen molar-refractivity contribution in [1.29, 1.82) is 0 Å². The number of hydrazone groups is 1. The molecule has 0 amide bonds. The number of phenolic OH excluding ortho intramolecular Hbond substituents is 1. The molecule has 0 spiro atoms. The number of aromatic amines is 1. The van der Waals surface area contributed by atoms with E-state index in [1.807, 2.05) is 6.07 Å². The van der Waals surface area contributed by atoms with Crippen LogP contribution in [0.15, 0.2) is 29.4 Å². The highest BCUT2D eigenvalue weighted by atomic mass is 16.3. The van der Waals surface area contributed by atoms with Crippen molar-refractivity contribution in [1.82, 2.24) is 20.6 Å². The molecule has 3 N–H and O–H groups in total. The normalized spacial score (nSPS) is 11.4. The smallest absolute Gasteiger partial charge is 0.283 e. The number of hydrogen-bond donors (Lipinski definition) is 3. The number of nitrogens with one attached hydrogen (secondary N) is 2. The van der Waals surface area contributed by atoms with Crippen LogP contribution >= 0.6 is 0 Å². The lowest BCUT2D eigenvalue weighted by molar-refractivity contribution is 0.474. The Labute approximate surface area is 91.2 Å². The van der Waals surface area contributed by atoms with Gasteiger partial charge in [-0.05, 0) is 24.3 Å². The second kappa shape index (κ2) is 4.39. The van der Waals surface area contributed by atoms with Gasteiger partial charge in [0.25, 0.3) is 5.95 Å². The monoisotopic (exact) mass is 218 g/mol. The summed E-state index contributed by atoms with van der Waals surface area (Å²) in [6, 6.07) is 6.94. The number of para-hydroxylation sites is 1. The van der Waals surface area contributed by atoms with E-state index < -0.39 is 0 Å². The largest absolute Gasteiger partial charge is 0.507 e. The Balaban J connectivity index is 2.16. The standard InChI is InChI=1S/C9H10N6O/c1-6(7-4-2-3-5-8(7)16)10-11-9-12-14-15-13-9/h2-5,16H,1H3,(H2,11,12,13,14,15). The summed E-state index contributed by atoms with van der Waals surface area (Å²) >= 11 is 0. The summed E-state index contributed by atoms with van der Waals surface area (Å²) in [5.41, 5.74) is 3.89. The number of H-pyrrole nitrogens is 1. The minimum Gasteiger partial charge on any atom is -0.507 e. The topological polar surface area (TPSA) is 99.1 Å². The molecule has 0 aliphatic rings. The van der Waals surface area contributed by atoms with E-state index in [1.54, 1.807) is 25.1 Å². The average molecular weight is 218 g/mol. The van der Waals surface area contributed by atoms with Crippen LogP contribution < -0.4 is 5.43 Å². The Morgan fingerprint density at radius 3 is 2.94 bits per heavy atom. The molecule has 0 fully saturated rings. The van der Waals surface area contributed by atoms with Crippen LogP contribution in [0.4, 0.5) is 5.95 Å². The van der Waals surface area contributed by atoms with Gasteiger partial charge in [-0.25, -0.2) is 5.43 Å². The minimum absolute atomic E-state index is 0.179. The van der Waals surface area contributed by atoms with Gasteiger partial charge in [0.2, 0.25) is 0 Å². The van der Waals surface area contributed by atoms with E-state index in [-0.39, 0.29) is 11.7 Å². The van der Waals surface area contributed by atoms with Gasteiger partial charge in [0.05, 0.1) is 5.71 Å². The molecule has 1 heterocycles. The molecule has 0 unspecified atom stereocenters. The molecule has 0 aliphatic heterocycles. The first-order chi connectivity index (χ1) is 7.77. The maximum atomic E-state index is 9.58. The van der Waals surface area contributed by atoms with Gasteiger partial charge in [0.15, 0.2) is 0 Å². The summed E-state index contributed by atoms with van der Waals surface area (Å²) in [6.45, 7) is 1.77. The lowest BCUT2D eigenvalue weighted by Gasteiger charge is -2.02. The zero-order valence-corrected chi connectivity index (χ0v) is 8.55. The van der Waals surface area contributed by atoms with Crippen molar-refractivity contribution >= 4 is 11.7 Å². The number of tetrazole rings is 1. The third kappa shape index (κ3) is 2.14. The second-order valence-corrected chi connectivity index (χ2v) is 3.06. The first-order valence-electron chi connectivity index (χ1n) is 4.59. The fourth-order valence-electron chi connectivity index (χ4n) is 1.18. The first-order valence-corrected chi connectivity index (χ1v) is 4.59. The number of rotatable bonds is 3. The molecule has 7 heteroatoms. The van der Waals surface area contributed by atoms with E-state index >= 15 is 0 Å². The Morgan fingerprint density at radius 1 is 1.44 bits per heavy atom. The van der Waals surface area contributed by atoms with Crippen LogP contribution in [0.25, 0.3) is 0 Å². The molecule has 2 rings (SSSR count). The highest BCUT2D eigenvalue weighted by Gasteiger charge is 2.03. The zero-order valence-electron chi connectivity index (χ0n) is 8.55. The lowest BCUT2D eigenvalue weighted by atomic mass is 10.1. The first kappa shape index (κ1) is 10.1. The van der Waals surface area contributed by atoms with E-state index in [0.717, 1.165) is 0 Å². The Kier molecular flexibility index (Phi) is 2.77. The van der Waals surface area contributed by atoms with Crippen molar-refractivity contribution in [2.24, 2.45) is 5.10 Å². The highest BCUT2D eigenvalue weighted by molar-refractivity contribution is 6.01. The summed E-state index contributed by atoms with van der Waals surface area (Å²) in [5.74, 6) is 0.452. The van der Waals surface area contributed by atoms with Gasteiger partial charge in [-0.1, -0.05) is 17.2 Å². The molecular formula is C9H10N6O. The number of hydrogen-bond acceptors (Lipinski definition) is 6. The summed E-state index contributed by atoms with van der Waals surface area (Å²) < 4.78 is 0. The van der Waals surface area contributed by atoms with Gasteiger partial charge in [0.1, 0.15) is 5.75 Å². The predicted molar refractivity (Wildman–Crippen MR) is 58.1 cm³/mol. The molecule has 7 nitrogen and oxygen atoms in total. The molecule has 0 atom stereocenters. The molecule has 2 aromatic rings. The molecule has 0 bridgehead atoms. The van der Waals surface area contributed by atoms with E-state index in [1.165, 1.54) is 0 Å². The van der Waals surface area contributed by atoms with Gasteiger partial charge < -0.3 is 5.11 Å². The molecular weight excluding hydrogens is 208 g/mol. The van der Waals surface area contributed by atoms with Gasteiger partial charge >= 0.3 is 0 Å². The predicted octanol–water partition coefficient (Wildman–Crippen LogP) is 0.741. The van der Waals surface area contributed by atoms with Crippen molar-refractivity contribution in [3.8, 4) is 5.75 Å². The van der Waals surface area contributed by atoms with Crippen molar-refractivity contribution in [2.75, 3.05) is 5.43 Å². The van der Waals surface area contributed by atoms with Crippen LogP contribution in [-0.2, 0) is 0 Å². The van der Waals surface area contributed by atoms with E-state index in [9.17, 15) is 5.11 Å². The van der Waals surface area contributed by atoms with Gasteiger partial charge in [-0.15, -0.1) is 5.10 Å². The molecule has 1 aromatic heterocycles. The van der Waals surface area contributed by atoms with Gasteiger partial charge in [0, 0.05) is 5.56 Å². The van der Waals surface area contributed by atoms with E-state index in [2.05, 4.69) is 31.2 Å². The molecule has 0 aliphatic carbocycles. The number of anilines is 1. The van der Waals surface area contributed by atoms with Crippen molar-refractivity contribution in [3.05, 3.63) is 29.8 Å². The summed E-state index contributed by atoms with van der Waals surface area (Å²) in [5, 5.41) is 26.6. The number of aromatic nitrogens is 4. The van der Waals surface area contributed by atoms with Gasteiger partial charge in [-0.3, -0.25) is 0 Å². The van der Waals surface area contributed by atoms with Crippen LogP contribution in [-0.4, -0.2) is 31.4 Å². The van der Waals surface area contributed by atoms with Crippen LogP contribution in [0.1, 0.15) is 12.5 Å². The van der Waals surface area contributed by atoms with Crippen LogP contribution in [0.5, 0.6) is 5.75 Å². The fourth-order valence-corrected chi connectivity index (χ4v) is 1.18. The second-order valence-electron chi connectivity index (χ2n) is 3.06. The molecule has 0 radical (unpaired) electrons. The highest BCUT2D eigenvalue weighted by Crippen LogP contribution is 2.16. The Morgan fingerprint density at radius 2 is 2.25 bits per heavy atom. The van der Waals surface area contributed by atoms with Crippen molar-refractivity contribution < 1.29 is 5.11 Å². The van der Waals surface area contributed by atoms with Gasteiger partial charge in [-0.2, -0.15) is 10.3 Å². The quantitative estimate of drug-likeness (QED) is 0.521. The van der Waals surface area contributed by atoms with E-state index in [0.29, 0.717) is 11.3 Å². The Hall–Kier alpha value is -2.44. The summed E-state index contributed by atoms with van der Waals surface area (Å²) in [7, 11) is 0. The van der Waals surface area contributed by atoms with Crippen LogP contribution in [0.2, 0.25) is 0 Å². The third-order valence-corrected chi connectivity index (χ3v) is 1.96. The number of phenols is 1. The molecule has 0 saturated carbocycles. The number of nitrogens with zero attached hydrogens (tertiary/aromatic N) is 4. The minimum atomic E-state index is 0.179. The fraction of sp³-hybridized carbons (Fsp3) is 0.111. The zero-order chi connectivity index (χ0) is 11.4. The molecule has 16 heavy (non-hydrogen) atoms. The summed E-state index contributed by atoms with van der Waals surface area (Å²) in [4.78, 5) is 0. The molecule has 82 valence electrons. The number of aromatic hydroxyl groups is 1. The van der Waals surface area contributed by atoms with Crippen LogP contribution in [0, 0.1) is 0 Å². The SMILES string of the molecule is CC(=NNc1nn[nH]n1)c1ccccc1O. The maximum Gasteiger partial charge on any atom is 0.283 e. The van der Waals surface area contributed by atoms with Crippen molar-refractivity contribution in [2.45, 2.75) is 6.92 Å². The number of benzene rings is 1. The van der Waals surface area contributed by atoms with Crippen LogP contribution in [0.3, 0.4) is 0 Å². The van der Waals surface area contributed by atoms with E-state index in [4.69, 9.17) is 0 Å². The molecule has 1 aromatic carbocycles. The van der Waals surface area contributed by atoms with Crippen molar-refractivity contribution in [3.63, 3.8) is 0 Å². The molecule has 0 saturated heterocycles. The Bertz CT molecular complexity index is 492.